The Labute approximate surface area is 145 Å². The number of ether oxygens (including phenoxy) is 1. The van der Waals surface area contributed by atoms with Crippen molar-refractivity contribution >= 4 is 28.9 Å². The van der Waals surface area contributed by atoms with Crippen LogP contribution in [-0.4, -0.2) is 38.5 Å². The van der Waals surface area contributed by atoms with E-state index in [2.05, 4.69) is 10.3 Å². The Balaban J connectivity index is 3.29. The average molecular weight is 357 g/mol. The van der Waals surface area contributed by atoms with Crippen LogP contribution in [0.25, 0.3) is 0 Å². The molecule has 0 aliphatic rings. The number of hydrogen-bond acceptors (Lipinski definition) is 5. The second-order valence-electron chi connectivity index (χ2n) is 6.86. The van der Waals surface area contributed by atoms with Gasteiger partial charge in [0.2, 0.25) is 0 Å². The molecule has 0 bridgehead atoms. The third-order valence-electron chi connectivity index (χ3n) is 3.10. The van der Waals surface area contributed by atoms with E-state index >= 15 is 0 Å². The summed E-state index contributed by atoms with van der Waals surface area (Å²) in [5.74, 6) is -1.63. The standard InChI is InChI=1S/C16H21ClN2O5/c1-15(2,3)24-13(21)11(16(4,5)19-14(22)23)10-7-6-9(8-18-10)12(17)20/h6-8,11,19H,1-5H3,(H,22,23). The molecule has 0 radical (unpaired) electrons. The summed E-state index contributed by atoms with van der Waals surface area (Å²) in [6.45, 7) is 8.24. The van der Waals surface area contributed by atoms with E-state index in [4.69, 9.17) is 21.4 Å². The number of carbonyl (C=O) groups is 3. The monoisotopic (exact) mass is 356 g/mol. The normalized spacial score (nSPS) is 13.1. The molecule has 2 N–H and O–H groups in total. The van der Waals surface area contributed by atoms with Gasteiger partial charge in [-0.3, -0.25) is 14.6 Å². The fraction of sp³-hybridized carbons (Fsp3) is 0.500. The molecule has 0 saturated heterocycles. The zero-order chi connectivity index (χ0) is 18.7. The lowest BCUT2D eigenvalue weighted by Crippen LogP contribution is -2.51. The van der Waals surface area contributed by atoms with Crippen molar-refractivity contribution in [2.75, 3.05) is 0 Å². The first-order valence-electron chi connectivity index (χ1n) is 7.23. The number of rotatable bonds is 5. The van der Waals surface area contributed by atoms with Gasteiger partial charge in [-0.2, -0.15) is 0 Å². The minimum atomic E-state index is -1.28. The van der Waals surface area contributed by atoms with Crippen LogP contribution in [0.2, 0.25) is 0 Å². The first-order valence-corrected chi connectivity index (χ1v) is 7.61. The van der Waals surface area contributed by atoms with E-state index in [1.807, 2.05) is 0 Å². The smallest absolute Gasteiger partial charge is 0.405 e. The molecule has 132 valence electrons. The van der Waals surface area contributed by atoms with E-state index in [0.29, 0.717) is 0 Å². The zero-order valence-electron chi connectivity index (χ0n) is 14.2. The van der Waals surface area contributed by atoms with Crippen molar-refractivity contribution in [1.82, 2.24) is 10.3 Å². The van der Waals surface area contributed by atoms with Gasteiger partial charge in [0.25, 0.3) is 5.24 Å². The highest BCUT2D eigenvalue weighted by molar-refractivity contribution is 6.67. The van der Waals surface area contributed by atoms with Gasteiger partial charge in [0, 0.05) is 6.20 Å². The van der Waals surface area contributed by atoms with Crippen molar-refractivity contribution < 1.29 is 24.2 Å². The number of hydrogen-bond donors (Lipinski definition) is 2. The predicted octanol–water partition coefficient (Wildman–Crippen LogP) is 2.93. The summed E-state index contributed by atoms with van der Waals surface area (Å²) < 4.78 is 5.40. The third kappa shape index (κ3) is 5.49. The maximum atomic E-state index is 12.6. The van der Waals surface area contributed by atoms with Crippen molar-refractivity contribution in [3.8, 4) is 0 Å². The first-order chi connectivity index (χ1) is 10.8. The van der Waals surface area contributed by atoms with Gasteiger partial charge in [0.15, 0.2) is 0 Å². The minimum Gasteiger partial charge on any atom is -0.465 e. The molecule has 1 unspecified atom stereocenters. The summed E-state index contributed by atoms with van der Waals surface area (Å²) in [4.78, 5) is 38.9. The van der Waals surface area contributed by atoms with Crippen LogP contribution in [0.15, 0.2) is 18.3 Å². The van der Waals surface area contributed by atoms with Crippen LogP contribution < -0.4 is 5.32 Å². The van der Waals surface area contributed by atoms with Gasteiger partial charge in [0.05, 0.1) is 16.8 Å². The minimum absolute atomic E-state index is 0.173. The third-order valence-corrected chi connectivity index (χ3v) is 3.32. The highest BCUT2D eigenvalue weighted by Gasteiger charge is 2.41. The Morgan fingerprint density at radius 3 is 2.17 bits per heavy atom. The molecule has 1 rings (SSSR count). The van der Waals surface area contributed by atoms with Crippen molar-refractivity contribution in [3.63, 3.8) is 0 Å². The molecule has 0 spiro atoms. The van der Waals surface area contributed by atoms with Crippen LogP contribution in [0.1, 0.15) is 56.6 Å². The summed E-state index contributed by atoms with van der Waals surface area (Å²) in [5.41, 5.74) is -1.49. The highest BCUT2D eigenvalue weighted by atomic mass is 35.5. The van der Waals surface area contributed by atoms with E-state index in [1.54, 1.807) is 34.6 Å². The molecule has 7 nitrogen and oxygen atoms in total. The van der Waals surface area contributed by atoms with Crippen LogP contribution in [0.5, 0.6) is 0 Å². The van der Waals surface area contributed by atoms with Crippen molar-refractivity contribution in [2.24, 2.45) is 0 Å². The molecule has 1 heterocycles. The summed E-state index contributed by atoms with van der Waals surface area (Å²) in [6, 6.07) is 2.88. The number of pyridine rings is 1. The number of amides is 1. The van der Waals surface area contributed by atoms with Crippen LogP contribution in [0, 0.1) is 0 Å². The lowest BCUT2D eigenvalue weighted by atomic mass is 9.84. The molecule has 1 aromatic heterocycles. The lowest BCUT2D eigenvalue weighted by Gasteiger charge is -2.34. The molecule has 0 aliphatic carbocycles. The topological polar surface area (TPSA) is 106 Å². The summed E-state index contributed by atoms with van der Waals surface area (Å²) in [6.07, 6.45) is -0.0417. The number of halogens is 1. The maximum Gasteiger partial charge on any atom is 0.405 e. The molecule has 8 heteroatoms. The number of carboxylic acid groups (broad SMARTS) is 1. The number of esters is 1. The number of carbonyl (C=O) groups excluding carboxylic acids is 2. The molecule has 1 atom stereocenters. The first kappa shape index (κ1) is 19.9. The molecule has 1 amide bonds. The van der Waals surface area contributed by atoms with E-state index in [0.717, 1.165) is 0 Å². The van der Waals surface area contributed by atoms with E-state index in [-0.39, 0.29) is 11.3 Å². The fourth-order valence-corrected chi connectivity index (χ4v) is 2.30. The molecule has 0 saturated carbocycles. The fourth-order valence-electron chi connectivity index (χ4n) is 2.19. The van der Waals surface area contributed by atoms with Crippen LogP contribution in [0.3, 0.4) is 0 Å². The van der Waals surface area contributed by atoms with Crippen LogP contribution >= 0.6 is 11.6 Å². The summed E-state index contributed by atoms with van der Waals surface area (Å²) in [5, 5.41) is 10.7. The molecule has 1 aromatic rings. The molecule has 0 aliphatic heterocycles. The van der Waals surface area contributed by atoms with Crippen molar-refractivity contribution in [2.45, 2.75) is 51.7 Å². The SMILES string of the molecule is CC(C)(C)OC(=O)C(c1ccc(C(=O)Cl)cn1)C(C)(C)NC(=O)O. The molecule has 0 fully saturated rings. The maximum absolute atomic E-state index is 12.6. The largest absolute Gasteiger partial charge is 0.465 e. The number of nitrogens with one attached hydrogen (secondary N) is 1. The van der Waals surface area contributed by atoms with E-state index < -0.39 is 34.4 Å². The summed E-state index contributed by atoms with van der Waals surface area (Å²) >= 11 is 5.38. The zero-order valence-corrected chi connectivity index (χ0v) is 15.0. The Kier molecular flexibility index (Phi) is 5.94. The van der Waals surface area contributed by atoms with Gasteiger partial charge < -0.3 is 15.2 Å². The molecular formula is C16H21ClN2O5. The quantitative estimate of drug-likeness (QED) is 0.620. The van der Waals surface area contributed by atoms with Gasteiger partial charge in [0.1, 0.15) is 11.5 Å². The van der Waals surface area contributed by atoms with Gasteiger partial charge in [-0.05, 0) is 58.4 Å². The molecule has 0 aromatic carbocycles. The molecule has 24 heavy (non-hydrogen) atoms. The Bertz CT molecular complexity index is 635. The van der Waals surface area contributed by atoms with Crippen molar-refractivity contribution in [1.29, 1.82) is 0 Å². The Hall–Kier alpha value is -2.15. The average Bonchev–Trinajstić information content (AvgIpc) is 2.34. The summed E-state index contributed by atoms with van der Waals surface area (Å²) in [7, 11) is 0. The highest BCUT2D eigenvalue weighted by Crippen LogP contribution is 2.30. The van der Waals surface area contributed by atoms with Gasteiger partial charge >= 0.3 is 12.1 Å². The van der Waals surface area contributed by atoms with Gasteiger partial charge in [-0.15, -0.1) is 0 Å². The second kappa shape index (κ2) is 7.17. The van der Waals surface area contributed by atoms with E-state index in [1.165, 1.54) is 18.3 Å². The Morgan fingerprint density at radius 2 is 1.79 bits per heavy atom. The van der Waals surface area contributed by atoms with Gasteiger partial charge in [-0.25, -0.2) is 4.79 Å². The number of aromatic nitrogens is 1. The predicted molar refractivity (Wildman–Crippen MR) is 88.2 cm³/mol. The molecular weight excluding hydrogens is 336 g/mol. The van der Waals surface area contributed by atoms with Crippen molar-refractivity contribution in [3.05, 3.63) is 29.6 Å². The van der Waals surface area contributed by atoms with Crippen LogP contribution in [-0.2, 0) is 9.53 Å². The lowest BCUT2D eigenvalue weighted by molar-refractivity contribution is -0.158. The van der Waals surface area contributed by atoms with Crippen LogP contribution in [0.4, 0.5) is 4.79 Å². The van der Waals surface area contributed by atoms with Gasteiger partial charge in [-0.1, -0.05) is 0 Å². The Morgan fingerprint density at radius 1 is 1.21 bits per heavy atom. The number of nitrogens with zero attached hydrogens (tertiary/aromatic N) is 1. The van der Waals surface area contributed by atoms with E-state index in [9.17, 15) is 14.4 Å². The second-order valence-corrected chi connectivity index (χ2v) is 7.21.